The lowest BCUT2D eigenvalue weighted by Crippen LogP contribution is -2.42. The molecule has 1 atom stereocenters. The molecule has 0 aromatic heterocycles. The van der Waals surface area contributed by atoms with Crippen LogP contribution in [0.2, 0.25) is 0 Å². The van der Waals surface area contributed by atoms with Crippen molar-refractivity contribution in [3.8, 4) is 0 Å². The molecule has 1 aliphatic rings. The summed E-state index contributed by atoms with van der Waals surface area (Å²) in [6.45, 7) is 2.80. The van der Waals surface area contributed by atoms with Crippen molar-refractivity contribution in [3.05, 3.63) is 39.9 Å². The van der Waals surface area contributed by atoms with Crippen molar-refractivity contribution < 1.29 is 9.72 Å². The van der Waals surface area contributed by atoms with Crippen LogP contribution in [0, 0.1) is 10.1 Å². The third-order valence-corrected chi connectivity index (χ3v) is 3.65. The number of para-hydroxylation sites is 1. The molecule has 1 fully saturated rings. The molecule has 19 heavy (non-hydrogen) atoms. The maximum Gasteiger partial charge on any atom is 0.273 e. The molecule has 0 radical (unpaired) electrons. The van der Waals surface area contributed by atoms with Gasteiger partial charge in [-0.15, -0.1) is 0 Å². The molecule has 1 unspecified atom stereocenters. The number of nitro benzene ring substituents is 1. The van der Waals surface area contributed by atoms with Crippen molar-refractivity contribution in [1.82, 2.24) is 4.90 Å². The van der Waals surface area contributed by atoms with E-state index in [1.165, 1.54) is 6.07 Å². The number of hydrogen-bond donors (Lipinski definition) is 0. The lowest BCUT2D eigenvalue weighted by atomic mass is 10.0. The Morgan fingerprint density at radius 2 is 2.16 bits per heavy atom. The fourth-order valence-corrected chi connectivity index (χ4v) is 2.57. The number of nitrogens with zero attached hydrogens (tertiary/aromatic N) is 2. The predicted molar refractivity (Wildman–Crippen MR) is 71.8 cm³/mol. The summed E-state index contributed by atoms with van der Waals surface area (Å²) in [7, 11) is 0. The number of carbonyl (C=O) groups is 1. The second-order valence-electron chi connectivity index (χ2n) is 4.99. The molecule has 1 aliphatic heterocycles. The maximum absolute atomic E-state index is 12.3. The largest absolute Gasteiger partial charge is 0.340 e. The van der Waals surface area contributed by atoms with Gasteiger partial charge in [0.25, 0.3) is 5.69 Å². The zero-order valence-electron chi connectivity index (χ0n) is 11.0. The molecule has 1 aromatic carbocycles. The number of piperidine rings is 1. The van der Waals surface area contributed by atoms with Crippen LogP contribution in [0.3, 0.4) is 0 Å². The molecule has 2 rings (SSSR count). The van der Waals surface area contributed by atoms with E-state index in [-0.39, 0.29) is 24.1 Å². The van der Waals surface area contributed by atoms with E-state index in [9.17, 15) is 14.9 Å². The summed E-state index contributed by atoms with van der Waals surface area (Å²) < 4.78 is 0. The Hall–Kier alpha value is -1.91. The highest BCUT2D eigenvalue weighted by molar-refractivity contribution is 5.80. The molecule has 5 nitrogen and oxygen atoms in total. The van der Waals surface area contributed by atoms with Gasteiger partial charge < -0.3 is 4.90 Å². The van der Waals surface area contributed by atoms with Crippen molar-refractivity contribution in [2.24, 2.45) is 0 Å². The fraction of sp³-hybridized carbons (Fsp3) is 0.500. The number of hydrogen-bond acceptors (Lipinski definition) is 3. The van der Waals surface area contributed by atoms with Crippen LogP contribution in [0.1, 0.15) is 31.7 Å². The summed E-state index contributed by atoms with van der Waals surface area (Å²) in [6.07, 6.45) is 3.30. The van der Waals surface area contributed by atoms with Crippen LogP contribution in [0.15, 0.2) is 24.3 Å². The molecule has 1 saturated heterocycles. The summed E-state index contributed by atoms with van der Waals surface area (Å²) >= 11 is 0. The van der Waals surface area contributed by atoms with Crippen LogP contribution in [-0.4, -0.2) is 28.3 Å². The Kier molecular flexibility index (Phi) is 4.14. The van der Waals surface area contributed by atoms with E-state index >= 15 is 0 Å². The van der Waals surface area contributed by atoms with E-state index in [0.717, 1.165) is 25.8 Å². The van der Waals surface area contributed by atoms with E-state index in [0.29, 0.717) is 5.56 Å². The molecule has 1 aromatic rings. The average Bonchev–Trinajstić information content (AvgIpc) is 2.39. The summed E-state index contributed by atoms with van der Waals surface area (Å²) in [6, 6.07) is 6.70. The molecule has 0 saturated carbocycles. The first-order valence-corrected chi connectivity index (χ1v) is 6.61. The zero-order chi connectivity index (χ0) is 13.8. The molecule has 0 spiro atoms. The topological polar surface area (TPSA) is 63.5 Å². The van der Waals surface area contributed by atoms with Gasteiger partial charge in [-0.25, -0.2) is 0 Å². The molecule has 102 valence electrons. The molecular formula is C14H18N2O3. The first-order chi connectivity index (χ1) is 9.09. The van der Waals surface area contributed by atoms with Crippen LogP contribution in [0.4, 0.5) is 5.69 Å². The van der Waals surface area contributed by atoms with E-state index in [4.69, 9.17) is 0 Å². The Morgan fingerprint density at radius 3 is 2.84 bits per heavy atom. The minimum atomic E-state index is -0.428. The molecule has 0 aliphatic carbocycles. The minimum absolute atomic E-state index is 0.0125. The highest BCUT2D eigenvalue weighted by Crippen LogP contribution is 2.21. The lowest BCUT2D eigenvalue weighted by Gasteiger charge is -2.33. The second-order valence-corrected chi connectivity index (χ2v) is 4.99. The van der Waals surface area contributed by atoms with E-state index in [1.54, 1.807) is 18.2 Å². The summed E-state index contributed by atoms with van der Waals surface area (Å²) in [4.78, 5) is 24.6. The van der Waals surface area contributed by atoms with Gasteiger partial charge in [0.05, 0.1) is 11.3 Å². The Morgan fingerprint density at radius 1 is 1.42 bits per heavy atom. The Bertz CT molecular complexity index is 487. The predicted octanol–water partition coefficient (Wildman–Crippen LogP) is 2.54. The molecular weight excluding hydrogens is 244 g/mol. The van der Waals surface area contributed by atoms with Crippen LogP contribution in [0.5, 0.6) is 0 Å². The maximum atomic E-state index is 12.3. The Labute approximate surface area is 112 Å². The average molecular weight is 262 g/mol. The number of likely N-dealkylation sites (tertiary alicyclic amines) is 1. The fourth-order valence-electron chi connectivity index (χ4n) is 2.57. The monoisotopic (exact) mass is 262 g/mol. The quantitative estimate of drug-likeness (QED) is 0.621. The van der Waals surface area contributed by atoms with Crippen LogP contribution in [0.25, 0.3) is 0 Å². The smallest absolute Gasteiger partial charge is 0.273 e. The first kappa shape index (κ1) is 13.5. The van der Waals surface area contributed by atoms with Crippen LogP contribution >= 0.6 is 0 Å². The number of nitro groups is 1. The molecule has 0 N–H and O–H groups in total. The van der Waals surface area contributed by atoms with E-state index in [1.807, 2.05) is 11.8 Å². The number of amides is 1. The molecule has 1 amide bonds. The highest BCUT2D eigenvalue weighted by Gasteiger charge is 2.25. The first-order valence-electron chi connectivity index (χ1n) is 6.61. The number of rotatable bonds is 3. The number of benzene rings is 1. The van der Waals surface area contributed by atoms with Crippen molar-refractivity contribution in [1.29, 1.82) is 0 Å². The SMILES string of the molecule is CC1CCCCN1C(=O)Cc1ccccc1[N+](=O)[O-]. The summed E-state index contributed by atoms with van der Waals surface area (Å²) in [5, 5.41) is 10.9. The van der Waals surface area contributed by atoms with Crippen molar-refractivity contribution in [2.75, 3.05) is 6.54 Å². The highest BCUT2D eigenvalue weighted by atomic mass is 16.6. The van der Waals surface area contributed by atoms with Gasteiger partial charge in [0, 0.05) is 24.2 Å². The van der Waals surface area contributed by atoms with Gasteiger partial charge in [0.15, 0.2) is 0 Å². The van der Waals surface area contributed by atoms with Crippen molar-refractivity contribution in [2.45, 2.75) is 38.6 Å². The third-order valence-electron chi connectivity index (χ3n) is 3.65. The van der Waals surface area contributed by atoms with Gasteiger partial charge in [-0.2, -0.15) is 0 Å². The van der Waals surface area contributed by atoms with Gasteiger partial charge in [-0.1, -0.05) is 18.2 Å². The van der Waals surface area contributed by atoms with E-state index < -0.39 is 4.92 Å². The van der Waals surface area contributed by atoms with E-state index in [2.05, 4.69) is 0 Å². The lowest BCUT2D eigenvalue weighted by molar-refractivity contribution is -0.385. The van der Waals surface area contributed by atoms with Gasteiger partial charge in [-0.05, 0) is 26.2 Å². The van der Waals surface area contributed by atoms with Gasteiger partial charge in [0.1, 0.15) is 0 Å². The summed E-state index contributed by atoms with van der Waals surface area (Å²) in [5.41, 5.74) is 0.524. The van der Waals surface area contributed by atoms with Crippen LogP contribution in [-0.2, 0) is 11.2 Å². The Balaban J connectivity index is 2.12. The normalized spacial score (nSPS) is 19.2. The minimum Gasteiger partial charge on any atom is -0.340 e. The van der Waals surface area contributed by atoms with Crippen molar-refractivity contribution >= 4 is 11.6 Å². The third kappa shape index (κ3) is 3.10. The zero-order valence-corrected chi connectivity index (χ0v) is 11.0. The summed E-state index contributed by atoms with van der Waals surface area (Å²) in [5.74, 6) is -0.0125. The van der Waals surface area contributed by atoms with Crippen molar-refractivity contribution in [3.63, 3.8) is 0 Å². The number of carbonyl (C=O) groups excluding carboxylic acids is 1. The van der Waals surface area contributed by atoms with Gasteiger partial charge >= 0.3 is 0 Å². The second kappa shape index (κ2) is 5.82. The van der Waals surface area contributed by atoms with Gasteiger partial charge in [-0.3, -0.25) is 14.9 Å². The molecule has 0 bridgehead atoms. The molecule has 1 heterocycles. The molecule has 5 heteroatoms. The van der Waals surface area contributed by atoms with Gasteiger partial charge in [0.2, 0.25) is 5.91 Å². The standard InChI is InChI=1S/C14H18N2O3/c1-11-6-4-5-9-15(11)14(17)10-12-7-2-3-8-13(12)16(18)19/h2-3,7-8,11H,4-6,9-10H2,1H3. The van der Waals surface area contributed by atoms with Crippen LogP contribution < -0.4 is 0 Å².